The number of aryl methyl sites for hydroxylation is 1. The molecule has 1 aromatic carbocycles. The Morgan fingerprint density at radius 3 is 2.82 bits per heavy atom. The first kappa shape index (κ1) is 19.1. The molecule has 28 heavy (non-hydrogen) atoms. The highest BCUT2D eigenvalue weighted by Gasteiger charge is 2.17. The lowest BCUT2D eigenvalue weighted by atomic mass is 10.2. The molecule has 0 aliphatic rings. The summed E-state index contributed by atoms with van der Waals surface area (Å²) in [7, 11) is 0. The fourth-order valence-electron chi connectivity index (χ4n) is 2.59. The number of carboxylic acid groups (broad SMARTS) is 1. The summed E-state index contributed by atoms with van der Waals surface area (Å²) in [6, 6.07) is 5.76. The number of nitrogens with zero attached hydrogens (tertiary/aromatic N) is 4. The second kappa shape index (κ2) is 7.91. The van der Waals surface area contributed by atoms with Crippen molar-refractivity contribution in [2.24, 2.45) is 0 Å². The fourth-order valence-corrected chi connectivity index (χ4v) is 2.59. The Bertz CT molecular complexity index is 1030. The normalized spacial score (nSPS) is 10.7. The summed E-state index contributed by atoms with van der Waals surface area (Å²) in [5, 5.41) is 19.7. The second-order valence-corrected chi connectivity index (χ2v) is 6.05. The molecule has 0 atom stereocenters. The molecule has 0 fully saturated rings. The molecule has 0 unspecified atom stereocenters. The molecule has 0 aliphatic carbocycles. The van der Waals surface area contributed by atoms with Crippen molar-refractivity contribution in [2.75, 3.05) is 5.32 Å². The van der Waals surface area contributed by atoms with Crippen molar-refractivity contribution in [3.8, 4) is 5.75 Å². The number of amides is 1. The number of benzene rings is 1. The van der Waals surface area contributed by atoms with E-state index in [0.29, 0.717) is 22.8 Å². The minimum atomic E-state index is -1.05. The summed E-state index contributed by atoms with van der Waals surface area (Å²) >= 11 is 0. The first-order valence-electron chi connectivity index (χ1n) is 8.31. The molecule has 0 aliphatic heterocycles. The number of halogens is 1. The number of carbonyl (C=O) groups excluding carboxylic acids is 1. The molecule has 0 radical (unpaired) electrons. The van der Waals surface area contributed by atoms with Gasteiger partial charge in [-0.15, -0.1) is 0 Å². The zero-order chi connectivity index (χ0) is 20.3. The van der Waals surface area contributed by atoms with Crippen LogP contribution in [0.3, 0.4) is 0 Å². The van der Waals surface area contributed by atoms with Crippen LogP contribution in [0.2, 0.25) is 0 Å². The third-order valence-corrected chi connectivity index (χ3v) is 3.96. The van der Waals surface area contributed by atoms with Gasteiger partial charge in [-0.05, 0) is 26.0 Å². The number of ether oxygens (including phenoxy) is 1. The maximum Gasteiger partial charge on any atom is 0.325 e. The highest BCUT2D eigenvalue weighted by atomic mass is 19.1. The monoisotopic (exact) mass is 387 g/mol. The maximum absolute atomic E-state index is 13.2. The van der Waals surface area contributed by atoms with E-state index in [1.165, 1.54) is 24.5 Å². The Labute approximate surface area is 159 Å². The van der Waals surface area contributed by atoms with Crippen LogP contribution >= 0.6 is 0 Å². The minimum Gasteiger partial charge on any atom is -0.480 e. The lowest BCUT2D eigenvalue weighted by molar-refractivity contribution is -0.137. The molecule has 1 amide bonds. The smallest absolute Gasteiger partial charge is 0.325 e. The summed E-state index contributed by atoms with van der Waals surface area (Å²) in [5.74, 6) is -1.53. The van der Waals surface area contributed by atoms with Crippen LogP contribution in [-0.2, 0) is 18.1 Å². The Kier molecular flexibility index (Phi) is 5.39. The number of nitrogens with one attached hydrogen (secondary N) is 1. The maximum atomic E-state index is 13.2. The van der Waals surface area contributed by atoms with E-state index in [4.69, 9.17) is 9.84 Å². The average molecular weight is 387 g/mol. The van der Waals surface area contributed by atoms with Gasteiger partial charge in [0, 0.05) is 12.3 Å². The van der Waals surface area contributed by atoms with Crippen LogP contribution in [0.1, 0.15) is 21.7 Å². The first-order valence-corrected chi connectivity index (χ1v) is 8.31. The van der Waals surface area contributed by atoms with Crippen LogP contribution in [0.4, 0.5) is 10.1 Å². The van der Waals surface area contributed by atoms with Crippen molar-refractivity contribution < 1.29 is 23.8 Å². The lowest BCUT2D eigenvalue weighted by Crippen LogP contribution is -2.14. The Hall–Kier alpha value is -3.69. The van der Waals surface area contributed by atoms with Crippen molar-refractivity contribution in [1.82, 2.24) is 19.6 Å². The SMILES string of the molecule is Cc1nn(COc2cccc(F)c2)c(C)c1NC(=O)c1cnn(CC(=O)O)c1. The number of aliphatic carboxylic acids is 1. The van der Waals surface area contributed by atoms with Gasteiger partial charge in [0.1, 0.15) is 18.1 Å². The first-order chi connectivity index (χ1) is 13.3. The molecule has 9 nitrogen and oxygen atoms in total. The van der Waals surface area contributed by atoms with Crippen LogP contribution in [0.25, 0.3) is 0 Å². The van der Waals surface area contributed by atoms with E-state index >= 15 is 0 Å². The van der Waals surface area contributed by atoms with Crippen molar-refractivity contribution >= 4 is 17.6 Å². The highest BCUT2D eigenvalue weighted by Crippen LogP contribution is 2.21. The summed E-state index contributed by atoms with van der Waals surface area (Å²) in [4.78, 5) is 23.1. The van der Waals surface area contributed by atoms with Gasteiger partial charge in [0.2, 0.25) is 0 Å². The number of carbonyl (C=O) groups is 2. The third-order valence-electron chi connectivity index (χ3n) is 3.96. The Morgan fingerprint density at radius 1 is 1.32 bits per heavy atom. The Morgan fingerprint density at radius 2 is 2.11 bits per heavy atom. The van der Waals surface area contributed by atoms with Crippen LogP contribution < -0.4 is 10.1 Å². The number of carboxylic acids is 1. The molecule has 146 valence electrons. The van der Waals surface area contributed by atoms with Gasteiger partial charge in [-0.1, -0.05) is 6.07 Å². The molecule has 2 aromatic heterocycles. The van der Waals surface area contributed by atoms with Gasteiger partial charge in [0.15, 0.2) is 6.73 Å². The summed E-state index contributed by atoms with van der Waals surface area (Å²) in [5.41, 5.74) is 1.97. The standard InChI is InChI=1S/C18H18FN5O4/c1-11-17(21-18(27)13-7-20-23(8-13)9-16(25)26)12(2)24(22-11)10-28-15-5-3-4-14(19)6-15/h3-8H,9-10H2,1-2H3,(H,21,27)(H,25,26). The quantitative estimate of drug-likeness (QED) is 0.643. The fraction of sp³-hybridized carbons (Fsp3) is 0.222. The molecule has 2 N–H and O–H groups in total. The summed E-state index contributed by atoms with van der Waals surface area (Å²) < 4.78 is 21.5. The van der Waals surface area contributed by atoms with E-state index in [1.54, 1.807) is 30.7 Å². The third kappa shape index (κ3) is 4.34. The highest BCUT2D eigenvalue weighted by molar-refractivity contribution is 6.04. The van der Waals surface area contributed by atoms with Crippen molar-refractivity contribution in [3.63, 3.8) is 0 Å². The van der Waals surface area contributed by atoms with Crippen molar-refractivity contribution in [1.29, 1.82) is 0 Å². The summed E-state index contributed by atoms with van der Waals surface area (Å²) in [6.45, 7) is 3.21. The van der Waals surface area contributed by atoms with Crippen LogP contribution in [0.5, 0.6) is 5.75 Å². The molecule has 0 bridgehead atoms. The van der Waals surface area contributed by atoms with Gasteiger partial charge < -0.3 is 15.2 Å². The molecule has 0 saturated heterocycles. The molecule has 0 spiro atoms. The number of rotatable bonds is 7. The number of hydrogen-bond donors (Lipinski definition) is 2. The second-order valence-electron chi connectivity index (χ2n) is 6.05. The Balaban J connectivity index is 1.70. The molecular weight excluding hydrogens is 369 g/mol. The zero-order valence-electron chi connectivity index (χ0n) is 15.2. The molecule has 10 heteroatoms. The minimum absolute atomic E-state index is 0.0442. The van der Waals surface area contributed by atoms with Gasteiger partial charge in [-0.25, -0.2) is 9.07 Å². The molecule has 0 saturated carbocycles. The van der Waals surface area contributed by atoms with E-state index in [1.807, 2.05) is 0 Å². The van der Waals surface area contributed by atoms with Gasteiger partial charge in [0.25, 0.3) is 5.91 Å². The molecule has 3 aromatic rings. The van der Waals surface area contributed by atoms with Gasteiger partial charge in [-0.2, -0.15) is 10.2 Å². The van der Waals surface area contributed by atoms with E-state index in [-0.39, 0.29) is 18.8 Å². The van der Waals surface area contributed by atoms with Gasteiger partial charge in [0.05, 0.1) is 28.8 Å². The largest absolute Gasteiger partial charge is 0.480 e. The number of hydrogen-bond acceptors (Lipinski definition) is 5. The average Bonchev–Trinajstić information content (AvgIpc) is 3.19. The summed E-state index contributed by atoms with van der Waals surface area (Å²) in [6.07, 6.45) is 2.64. The van der Waals surface area contributed by atoms with Crippen molar-refractivity contribution in [2.45, 2.75) is 27.1 Å². The number of aromatic nitrogens is 4. The van der Waals surface area contributed by atoms with E-state index in [0.717, 1.165) is 4.68 Å². The number of anilines is 1. The topological polar surface area (TPSA) is 111 Å². The van der Waals surface area contributed by atoms with Gasteiger partial charge in [-0.3, -0.25) is 14.3 Å². The van der Waals surface area contributed by atoms with E-state index < -0.39 is 17.7 Å². The molecule has 2 heterocycles. The molecule has 3 rings (SSSR count). The predicted octanol–water partition coefficient (Wildman–Crippen LogP) is 2.21. The van der Waals surface area contributed by atoms with Crippen LogP contribution in [0, 0.1) is 19.7 Å². The molecular formula is C18H18FN5O4. The van der Waals surface area contributed by atoms with Gasteiger partial charge >= 0.3 is 5.97 Å². The van der Waals surface area contributed by atoms with Crippen LogP contribution in [-0.4, -0.2) is 36.5 Å². The predicted molar refractivity (Wildman–Crippen MR) is 96.5 cm³/mol. The lowest BCUT2D eigenvalue weighted by Gasteiger charge is -2.08. The zero-order valence-corrected chi connectivity index (χ0v) is 15.2. The van der Waals surface area contributed by atoms with Crippen molar-refractivity contribution in [3.05, 3.63) is 59.4 Å². The van der Waals surface area contributed by atoms with E-state index in [9.17, 15) is 14.0 Å². The van der Waals surface area contributed by atoms with E-state index in [2.05, 4.69) is 15.5 Å². The van der Waals surface area contributed by atoms with Crippen LogP contribution in [0.15, 0.2) is 36.7 Å².